The van der Waals surface area contributed by atoms with Crippen LogP contribution in [0.25, 0.3) is 0 Å². The van der Waals surface area contributed by atoms with Gasteiger partial charge in [-0.1, -0.05) is 20.8 Å². The molecule has 1 aromatic rings. The summed E-state index contributed by atoms with van der Waals surface area (Å²) in [6.07, 6.45) is 3.49. The normalized spacial score (nSPS) is 24.4. The second-order valence-corrected chi connectivity index (χ2v) is 10.2. The van der Waals surface area contributed by atoms with Gasteiger partial charge in [-0.05, 0) is 37.8 Å². The van der Waals surface area contributed by atoms with Gasteiger partial charge in [0.25, 0.3) is 0 Å². The maximum atomic E-state index is 12.9. The lowest BCUT2D eigenvalue weighted by atomic mass is 9.91. The van der Waals surface area contributed by atoms with E-state index in [2.05, 4.69) is 41.3 Å². The summed E-state index contributed by atoms with van der Waals surface area (Å²) in [6.45, 7) is 13.4. The lowest BCUT2D eigenvalue weighted by molar-refractivity contribution is -0.135. The number of nitrogens with one attached hydrogen (secondary N) is 1. The van der Waals surface area contributed by atoms with E-state index in [1.54, 1.807) is 11.3 Å². The van der Waals surface area contributed by atoms with E-state index in [0.29, 0.717) is 17.2 Å². The highest BCUT2D eigenvalue weighted by Gasteiger charge is 2.58. The molecular weight excluding hydrogens is 415 g/mol. The van der Waals surface area contributed by atoms with Gasteiger partial charge in [-0.3, -0.25) is 9.69 Å². The first kappa shape index (κ1) is 23.9. The van der Waals surface area contributed by atoms with E-state index in [1.165, 1.54) is 23.5 Å². The predicted octanol–water partition coefficient (Wildman–Crippen LogP) is 3.32. The molecular formula is C20H34Cl2N4OS. The number of thiazole rings is 1. The molecule has 1 aliphatic carbocycles. The Hall–Kier alpha value is -0.400. The van der Waals surface area contributed by atoms with Crippen molar-refractivity contribution in [3.63, 3.8) is 0 Å². The van der Waals surface area contributed by atoms with E-state index >= 15 is 0 Å². The molecule has 1 saturated carbocycles. The fourth-order valence-electron chi connectivity index (χ4n) is 4.47. The molecule has 2 saturated heterocycles. The zero-order valence-electron chi connectivity index (χ0n) is 17.2. The summed E-state index contributed by atoms with van der Waals surface area (Å²) >= 11 is 1.77. The number of hydrogen-bond acceptors (Lipinski definition) is 5. The second-order valence-electron chi connectivity index (χ2n) is 9.36. The van der Waals surface area contributed by atoms with Crippen LogP contribution in [-0.2, 0) is 16.8 Å². The van der Waals surface area contributed by atoms with Gasteiger partial charge in [-0.15, -0.1) is 36.2 Å². The Balaban J connectivity index is 0.00000140. The van der Waals surface area contributed by atoms with Crippen LogP contribution in [0.2, 0.25) is 0 Å². The number of nitrogens with zero attached hydrogens (tertiary/aromatic N) is 3. The van der Waals surface area contributed by atoms with Crippen molar-refractivity contribution >= 4 is 42.1 Å². The van der Waals surface area contributed by atoms with Crippen LogP contribution >= 0.6 is 36.2 Å². The highest BCUT2D eigenvalue weighted by molar-refractivity contribution is 7.09. The molecule has 3 heterocycles. The number of piperidine rings is 1. The molecule has 1 aromatic heterocycles. The van der Waals surface area contributed by atoms with E-state index in [9.17, 15) is 4.79 Å². The summed E-state index contributed by atoms with van der Waals surface area (Å²) in [6, 6.07) is 0. The molecule has 0 aromatic carbocycles. The molecule has 2 aliphatic heterocycles. The van der Waals surface area contributed by atoms with Crippen molar-refractivity contribution in [2.75, 3.05) is 39.3 Å². The van der Waals surface area contributed by atoms with Crippen molar-refractivity contribution in [1.29, 1.82) is 0 Å². The minimum absolute atomic E-state index is 0. The third kappa shape index (κ3) is 5.01. The molecule has 28 heavy (non-hydrogen) atoms. The van der Waals surface area contributed by atoms with Crippen LogP contribution in [0.5, 0.6) is 0 Å². The fourth-order valence-corrected chi connectivity index (χ4v) is 5.37. The Morgan fingerprint density at radius 1 is 1.21 bits per heavy atom. The van der Waals surface area contributed by atoms with Gasteiger partial charge in [0.15, 0.2) is 0 Å². The third-order valence-corrected chi connectivity index (χ3v) is 7.67. The van der Waals surface area contributed by atoms with Crippen LogP contribution < -0.4 is 5.32 Å². The van der Waals surface area contributed by atoms with Gasteiger partial charge < -0.3 is 10.2 Å². The van der Waals surface area contributed by atoms with Crippen molar-refractivity contribution in [2.24, 2.45) is 11.3 Å². The van der Waals surface area contributed by atoms with Crippen molar-refractivity contribution in [3.05, 3.63) is 16.1 Å². The summed E-state index contributed by atoms with van der Waals surface area (Å²) in [7, 11) is 0. The monoisotopic (exact) mass is 448 g/mol. The first-order valence-corrected chi connectivity index (χ1v) is 10.9. The zero-order chi connectivity index (χ0) is 18.4. The molecule has 1 spiro atoms. The van der Waals surface area contributed by atoms with Crippen LogP contribution in [-0.4, -0.2) is 60.0 Å². The smallest absolute Gasteiger partial charge is 0.226 e. The van der Waals surface area contributed by atoms with Crippen LogP contribution in [0, 0.1) is 11.3 Å². The topological polar surface area (TPSA) is 48.5 Å². The Morgan fingerprint density at radius 2 is 1.86 bits per heavy atom. The van der Waals surface area contributed by atoms with Gasteiger partial charge in [0, 0.05) is 49.4 Å². The quantitative estimate of drug-likeness (QED) is 0.769. The van der Waals surface area contributed by atoms with Gasteiger partial charge >= 0.3 is 0 Å². The van der Waals surface area contributed by atoms with Crippen molar-refractivity contribution in [1.82, 2.24) is 20.1 Å². The Labute approximate surface area is 185 Å². The highest BCUT2D eigenvalue weighted by atomic mass is 35.5. The SMILES string of the molecule is CC(C)(C)c1nc(CN2CCN(C(=O)C3CC34CCNCC4)CC2)cs1.Cl.Cl. The highest BCUT2D eigenvalue weighted by Crippen LogP contribution is 2.59. The number of halogens is 2. The standard InChI is InChI=1S/C20H32N4OS.2ClH/c1-19(2,3)18-22-15(14-26-18)13-23-8-10-24(11-9-23)17(25)16-12-20(16)4-6-21-7-5-20;;/h14,16,21H,4-13H2,1-3H3;2*1H. The fraction of sp³-hybridized carbons (Fsp3) is 0.800. The van der Waals surface area contributed by atoms with Crippen LogP contribution in [0.15, 0.2) is 5.38 Å². The molecule has 4 rings (SSSR count). The Morgan fingerprint density at radius 3 is 2.43 bits per heavy atom. The molecule has 160 valence electrons. The number of piperazine rings is 1. The molecule has 1 N–H and O–H groups in total. The third-order valence-electron chi connectivity index (χ3n) is 6.35. The van der Waals surface area contributed by atoms with Gasteiger partial charge in [-0.25, -0.2) is 4.98 Å². The lowest BCUT2D eigenvalue weighted by Gasteiger charge is -2.35. The first-order valence-electron chi connectivity index (χ1n) is 10.0. The summed E-state index contributed by atoms with van der Waals surface area (Å²) in [5.41, 5.74) is 1.65. The van der Waals surface area contributed by atoms with Crippen molar-refractivity contribution < 1.29 is 4.79 Å². The van der Waals surface area contributed by atoms with E-state index in [0.717, 1.165) is 52.2 Å². The number of aromatic nitrogens is 1. The Kier molecular flexibility index (Phi) is 7.82. The van der Waals surface area contributed by atoms with E-state index in [-0.39, 0.29) is 30.2 Å². The number of carbonyl (C=O) groups is 1. The number of amides is 1. The zero-order valence-corrected chi connectivity index (χ0v) is 19.6. The molecule has 3 fully saturated rings. The van der Waals surface area contributed by atoms with E-state index < -0.39 is 0 Å². The average molecular weight is 449 g/mol. The molecule has 1 amide bonds. The largest absolute Gasteiger partial charge is 0.340 e. The number of hydrogen-bond donors (Lipinski definition) is 1. The van der Waals surface area contributed by atoms with E-state index in [4.69, 9.17) is 4.98 Å². The van der Waals surface area contributed by atoms with Crippen LogP contribution in [0.1, 0.15) is 50.7 Å². The van der Waals surface area contributed by atoms with Crippen molar-refractivity contribution in [2.45, 2.75) is 52.0 Å². The molecule has 1 atom stereocenters. The van der Waals surface area contributed by atoms with Gasteiger partial charge in [-0.2, -0.15) is 0 Å². The average Bonchev–Trinajstić information content (AvgIpc) is 3.07. The molecule has 3 aliphatic rings. The first-order chi connectivity index (χ1) is 12.4. The molecule has 5 nitrogen and oxygen atoms in total. The van der Waals surface area contributed by atoms with Crippen LogP contribution in [0.4, 0.5) is 0 Å². The lowest BCUT2D eigenvalue weighted by Crippen LogP contribution is -2.49. The molecule has 0 bridgehead atoms. The maximum Gasteiger partial charge on any atom is 0.226 e. The minimum atomic E-state index is 0. The molecule has 0 radical (unpaired) electrons. The number of rotatable bonds is 3. The van der Waals surface area contributed by atoms with Gasteiger partial charge in [0.1, 0.15) is 0 Å². The Bertz CT molecular complexity index is 661. The van der Waals surface area contributed by atoms with Gasteiger partial charge in [0.05, 0.1) is 10.7 Å². The number of carbonyl (C=O) groups excluding carboxylic acids is 1. The second kappa shape index (κ2) is 9.17. The summed E-state index contributed by atoms with van der Waals surface area (Å²) in [5.74, 6) is 0.735. The molecule has 1 unspecified atom stereocenters. The van der Waals surface area contributed by atoms with Gasteiger partial charge in [0.2, 0.25) is 5.91 Å². The van der Waals surface area contributed by atoms with Crippen LogP contribution in [0.3, 0.4) is 0 Å². The predicted molar refractivity (Wildman–Crippen MR) is 120 cm³/mol. The van der Waals surface area contributed by atoms with E-state index in [1.807, 2.05) is 0 Å². The van der Waals surface area contributed by atoms with Crippen molar-refractivity contribution in [3.8, 4) is 0 Å². The summed E-state index contributed by atoms with van der Waals surface area (Å²) in [4.78, 5) is 22.3. The maximum absolute atomic E-state index is 12.9. The minimum Gasteiger partial charge on any atom is -0.340 e. The summed E-state index contributed by atoms with van der Waals surface area (Å²) in [5, 5.41) is 6.83. The summed E-state index contributed by atoms with van der Waals surface area (Å²) < 4.78 is 0. The molecule has 8 heteroatoms.